The van der Waals surface area contributed by atoms with Gasteiger partial charge in [-0.2, -0.15) is 0 Å². The fourth-order valence-corrected chi connectivity index (χ4v) is 3.85. The van der Waals surface area contributed by atoms with Crippen molar-refractivity contribution < 1.29 is 19.6 Å². The molecule has 0 spiro atoms. The van der Waals surface area contributed by atoms with E-state index in [-0.39, 0.29) is 35.6 Å². The molecule has 3 rings (SSSR count). The van der Waals surface area contributed by atoms with Gasteiger partial charge in [-0.25, -0.2) is 4.98 Å². The van der Waals surface area contributed by atoms with Gasteiger partial charge in [-0.05, 0) is 30.2 Å². The van der Waals surface area contributed by atoms with Crippen molar-refractivity contribution in [2.75, 3.05) is 0 Å². The Balaban J connectivity index is 1.84. The molecule has 2 aromatic rings. The molecule has 0 unspecified atom stereocenters. The Morgan fingerprint density at radius 2 is 1.97 bits per heavy atom. The number of nitrogens with zero attached hydrogens (tertiary/aromatic N) is 2. The van der Waals surface area contributed by atoms with Crippen LogP contribution < -0.4 is 5.32 Å². The fraction of sp³-hybridized carbons (Fsp3) is 0.429. The number of aromatic nitrogens is 2. The Bertz CT molecular complexity index is 848. The number of carbonyl (C=O) groups excluding carboxylic acids is 2. The summed E-state index contributed by atoms with van der Waals surface area (Å²) in [5, 5.41) is 22.2. The summed E-state index contributed by atoms with van der Waals surface area (Å²) in [6, 6.07) is 9.59. The van der Waals surface area contributed by atoms with Gasteiger partial charge in [-0.3, -0.25) is 14.6 Å². The van der Waals surface area contributed by atoms with Gasteiger partial charge < -0.3 is 15.4 Å². The fourth-order valence-electron chi connectivity index (χ4n) is 3.85. The van der Waals surface area contributed by atoms with Crippen LogP contribution in [0.25, 0.3) is 0 Å². The lowest BCUT2D eigenvalue weighted by molar-refractivity contribution is -0.127. The van der Waals surface area contributed by atoms with E-state index in [0.717, 1.165) is 5.56 Å². The van der Waals surface area contributed by atoms with Crippen LogP contribution in [0.2, 0.25) is 0 Å². The van der Waals surface area contributed by atoms with E-state index in [2.05, 4.69) is 15.3 Å². The summed E-state index contributed by atoms with van der Waals surface area (Å²) in [6.45, 7) is 3.89. The Morgan fingerprint density at radius 3 is 2.55 bits per heavy atom. The SMILES string of the molecule is CC(C)C[C@H](NC(=O)[C@]1(CC(=O)c2cnccn2)C[C@H]1c1ccccc1)B(O)O. The van der Waals surface area contributed by atoms with Crippen molar-refractivity contribution in [1.82, 2.24) is 15.3 Å². The molecule has 1 heterocycles. The van der Waals surface area contributed by atoms with E-state index < -0.39 is 18.5 Å². The lowest BCUT2D eigenvalue weighted by atomic mass is 9.74. The van der Waals surface area contributed by atoms with Crippen LogP contribution in [0, 0.1) is 11.3 Å². The van der Waals surface area contributed by atoms with E-state index in [9.17, 15) is 19.6 Å². The van der Waals surface area contributed by atoms with Crippen molar-refractivity contribution in [3.63, 3.8) is 0 Å². The second-order valence-corrected chi connectivity index (χ2v) is 8.14. The number of hydrogen-bond donors (Lipinski definition) is 3. The van der Waals surface area contributed by atoms with Crippen molar-refractivity contribution in [1.29, 1.82) is 0 Å². The smallest absolute Gasteiger partial charge is 0.426 e. The van der Waals surface area contributed by atoms with Gasteiger partial charge in [0.15, 0.2) is 5.78 Å². The number of hydrogen-bond acceptors (Lipinski definition) is 6. The first-order chi connectivity index (χ1) is 13.8. The molecule has 1 fully saturated rings. The average molecular weight is 395 g/mol. The molecule has 7 nitrogen and oxygen atoms in total. The predicted molar refractivity (Wildman–Crippen MR) is 109 cm³/mol. The molecule has 29 heavy (non-hydrogen) atoms. The van der Waals surface area contributed by atoms with Crippen molar-refractivity contribution in [3.05, 3.63) is 60.2 Å². The minimum Gasteiger partial charge on any atom is -0.426 e. The average Bonchev–Trinajstić information content (AvgIpc) is 3.43. The Labute approximate surface area is 170 Å². The van der Waals surface area contributed by atoms with Crippen molar-refractivity contribution in [3.8, 4) is 0 Å². The first-order valence-electron chi connectivity index (χ1n) is 9.85. The molecule has 8 heteroatoms. The minimum atomic E-state index is -1.66. The second-order valence-electron chi connectivity index (χ2n) is 8.14. The molecular formula is C21H26BN3O4. The molecule has 152 valence electrons. The summed E-state index contributed by atoms with van der Waals surface area (Å²) < 4.78 is 0. The highest BCUT2D eigenvalue weighted by molar-refractivity contribution is 6.43. The molecular weight excluding hydrogens is 369 g/mol. The zero-order valence-electron chi connectivity index (χ0n) is 16.7. The number of Topliss-reactive ketones (excluding diaryl/α,β-unsaturated/α-hetero) is 1. The van der Waals surface area contributed by atoms with Crippen molar-refractivity contribution >= 4 is 18.8 Å². The van der Waals surface area contributed by atoms with Gasteiger partial charge >= 0.3 is 7.12 Å². The van der Waals surface area contributed by atoms with Gasteiger partial charge in [-0.15, -0.1) is 0 Å². The maximum atomic E-state index is 13.3. The van der Waals surface area contributed by atoms with E-state index in [1.807, 2.05) is 44.2 Å². The van der Waals surface area contributed by atoms with E-state index >= 15 is 0 Å². The zero-order chi connectivity index (χ0) is 21.0. The van der Waals surface area contributed by atoms with Crippen LogP contribution in [0.1, 0.15) is 55.1 Å². The van der Waals surface area contributed by atoms with Gasteiger partial charge in [-0.1, -0.05) is 44.2 Å². The van der Waals surface area contributed by atoms with Gasteiger partial charge in [0, 0.05) is 18.8 Å². The lowest BCUT2D eigenvalue weighted by Crippen LogP contribution is -2.50. The highest BCUT2D eigenvalue weighted by Crippen LogP contribution is 2.62. The zero-order valence-corrected chi connectivity index (χ0v) is 16.7. The summed E-state index contributed by atoms with van der Waals surface area (Å²) in [5.74, 6) is -1.31. The highest BCUT2D eigenvalue weighted by atomic mass is 16.4. The predicted octanol–water partition coefficient (Wildman–Crippen LogP) is 1.77. The maximum absolute atomic E-state index is 13.3. The molecule has 0 radical (unpaired) electrons. The molecule has 1 amide bonds. The van der Waals surface area contributed by atoms with Crippen molar-refractivity contribution in [2.24, 2.45) is 11.3 Å². The molecule has 0 bridgehead atoms. The quantitative estimate of drug-likeness (QED) is 0.441. The van der Waals surface area contributed by atoms with Crippen LogP contribution in [0.5, 0.6) is 0 Å². The molecule has 1 aromatic carbocycles. The van der Waals surface area contributed by atoms with Gasteiger partial charge in [0.25, 0.3) is 0 Å². The van der Waals surface area contributed by atoms with E-state index in [4.69, 9.17) is 0 Å². The summed E-state index contributed by atoms with van der Waals surface area (Å²) in [7, 11) is -1.66. The van der Waals surface area contributed by atoms with Crippen LogP contribution >= 0.6 is 0 Å². The number of carbonyl (C=O) groups is 2. The summed E-state index contributed by atoms with van der Waals surface area (Å²) >= 11 is 0. The number of benzene rings is 1. The van der Waals surface area contributed by atoms with E-state index in [1.165, 1.54) is 18.6 Å². The number of rotatable bonds is 9. The Kier molecular flexibility index (Phi) is 6.44. The number of ketones is 1. The topological polar surface area (TPSA) is 112 Å². The van der Waals surface area contributed by atoms with Crippen molar-refractivity contribution in [2.45, 2.75) is 45.0 Å². The van der Waals surface area contributed by atoms with Crippen LogP contribution in [-0.4, -0.2) is 44.8 Å². The molecule has 1 aromatic heterocycles. The van der Waals surface area contributed by atoms with Crippen LogP contribution in [-0.2, 0) is 4.79 Å². The number of amides is 1. The third-order valence-corrected chi connectivity index (χ3v) is 5.46. The lowest BCUT2D eigenvalue weighted by Gasteiger charge is -2.24. The van der Waals surface area contributed by atoms with E-state index in [1.54, 1.807) is 0 Å². The first kappa shape index (κ1) is 21.1. The maximum Gasteiger partial charge on any atom is 0.475 e. The largest absolute Gasteiger partial charge is 0.475 e. The molecule has 0 aliphatic heterocycles. The molecule has 1 aliphatic carbocycles. The van der Waals surface area contributed by atoms with Gasteiger partial charge in [0.1, 0.15) is 5.69 Å². The normalized spacial score (nSPS) is 21.5. The molecule has 3 N–H and O–H groups in total. The third kappa shape index (κ3) is 4.89. The number of nitrogens with one attached hydrogen (secondary N) is 1. The van der Waals surface area contributed by atoms with Crippen LogP contribution in [0.15, 0.2) is 48.9 Å². The highest BCUT2D eigenvalue weighted by Gasteiger charge is 2.61. The van der Waals surface area contributed by atoms with Crippen LogP contribution in [0.3, 0.4) is 0 Å². The summed E-state index contributed by atoms with van der Waals surface area (Å²) in [4.78, 5) is 34.0. The molecule has 1 saturated carbocycles. The Morgan fingerprint density at radius 1 is 1.24 bits per heavy atom. The molecule has 1 aliphatic rings. The standard InChI is InChI=1S/C21H26BN3O4/c1-14(2)10-19(22(28)29)25-20(27)21(11-16(21)15-6-4-3-5-7-15)12-18(26)17-13-23-8-9-24-17/h3-9,13-14,16,19,28-29H,10-12H2,1-2H3,(H,25,27)/t16-,19-,21-/m0/s1. The third-order valence-electron chi connectivity index (χ3n) is 5.46. The Hall–Kier alpha value is -2.58. The summed E-state index contributed by atoms with van der Waals surface area (Å²) in [5.41, 5.74) is 0.277. The van der Waals surface area contributed by atoms with Crippen LogP contribution in [0.4, 0.5) is 0 Å². The summed E-state index contributed by atoms with van der Waals surface area (Å²) in [6.07, 6.45) is 5.27. The monoisotopic (exact) mass is 395 g/mol. The van der Waals surface area contributed by atoms with E-state index in [0.29, 0.717) is 12.8 Å². The molecule has 3 atom stereocenters. The molecule has 0 saturated heterocycles. The van der Waals surface area contributed by atoms with Gasteiger partial charge in [0.2, 0.25) is 5.91 Å². The first-order valence-corrected chi connectivity index (χ1v) is 9.85. The second kappa shape index (κ2) is 8.84. The minimum absolute atomic E-state index is 0.00693. The van der Waals surface area contributed by atoms with Gasteiger partial charge in [0.05, 0.1) is 17.6 Å².